The van der Waals surface area contributed by atoms with E-state index >= 15 is 0 Å². The molecule has 5 aromatic rings. The topological polar surface area (TPSA) is 91.0 Å². The van der Waals surface area contributed by atoms with Crippen LogP contribution in [0.2, 0.25) is 5.02 Å². The van der Waals surface area contributed by atoms with Crippen LogP contribution in [0, 0.1) is 19.7 Å². The van der Waals surface area contributed by atoms with Gasteiger partial charge in [0.1, 0.15) is 17.3 Å². The fourth-order valence-corrected chi connectivity index (χ4v) is 4.93. The van der Waals surface area contributed by atoms with Crippen LogP contribution in [0.5, 0.6) is 5.75 Å². The molecule has 8 heteroatoms. The Kier molecular flexibility index (Phi) is 5.94. The average Bonchev–Trinajstić information content (AvgIpc) is 3.36. The molecule has 0 aliphatic carbocycles. The van der Waals surface area contributed by atoms with Crippen LogP contribution in [-0.2, 0) is 6.42 Å². The maximum absolute atomic E-state index is 13.5. The molecule has 0 fully saturated rings. The molecule has 3 N–H and O–H groups in total. The van der Waals surface area contributed by atoms with E-state index in [2.05, 4.69) is 15.2 Å². The van der Waals surface area contributed by atoms with Crippen LogP contribution in [0.1, 0.15) is 33.9 Å². The summed E-state index contributed by atoms with van der Waals surface area (Å²) in [5.74, 6) is -0.661. The number of rotatable bonds is 7. The molecule has 0 spiro atoms. The van der Waals surface area contributed by atoms with Crippen molar-refractivity contribution < 1.29 is 19.0 Å². The van der Waals surface area contributed by atoms with Crippen molar-refractivity contribution in [3.05, 3.63) is 82.0 Å². The number of nitrogens with zero attached hydrogens (tertiary/aromatic N) is 1. The van der Waals surface area contributed by atoms with Crippen molar-refractivity contribution in [1.82, 2.24) is 15.2 Å². The highest BCUT2D eigenvalue weighted by Gasteiger charge is 2.23. The number of carboxylic acids is 1. The molecule has 0 aliphatic heterocycles. The summed E-state index contributed by atoms with van der Waals surface area (Å²) in [4.78, 5) is 15.2. The standard InChI is InChI=1S/C27H23ClFN3O3/c1-14-23(15(2)32-31-14)24-21(28)11-10-20-19(26(27(33)34)30-25(20)24)6-4-12-35-22-7-3-5-16-13-17(29)8-9-18(16)22/h3,5,7-11,13,30H,4,6,12H2,1-2H3,(H,31,32)(H,33,34). The Morgan fingerprint density at radius 2 is 1.91 bits per heavy atom. The third-order valence-electron chi connectivity index (χ3n) is 6.25. The van der Waals surface area contributed by atoms with E-state index < -0.39 is 5.97 Å². The number of aromatic carboxylic acids is 1. The molecule has 3 aromatic carbocycles. The number of hydrogen-bond donors (Lipinski definition) is 3. The van der Waals surface area contributed by atoms with E-state index in [-0.39, 0.29) is 11.5 Å². The van der Waals surface area contributed by atoms with E-state index in [1.165, 1.54) is 12.1 Å². The van der Waals surface area contributed by atoms with Crippen molar-refractivity contribution in [2.45, 2.75) is 26.7 Å². The first kappa shape index (κ1) is 22.9. The lowest BCUT2D eigenvalue weighted by molar-refractivity contribution is 0.0690. The monoisotopic (exact) mass is 491 g/mol. The van der Waals surface area contributed by atoms with E-state index in [1.807, 2.05) is 38.1 Å². The number of hydrogen-bond acceptors (Lipinski definition) is 3. The zero-order valence-corrected chi connectivity index (χ0v) is 20.0. The molecular formula is C27H23ClFN3O3. The minimum atomic E-state index is -1.03. The predicted octanol–water partition coefficient (Wildman–Crippen LogP) is 6.83. The second kappa shape index (κ2) is 9.07. The summed E-state index contributed by atoms with van der Waals surface area (Å²) in [5.41, 5.74) is 4.76. The van der Waals surface area contributed by atoms with Crippen molar-refractivity contribution in [1.29, 1.82) is 0 Å². The highest BCUT2D eigenvalue weighted by molar-refractivity contribution is 6.35. The number of aryl methyl sites for hydroxylation is 3. The van der Waals surface area contributed by atoms with E-state index in [1.54, 1.807) is 12.1 Å². The third kappa shape index (κ3) is 4.12. The molecule has 0 radical (unpaired) electrons. The molecule has 0 amide bonds. The number of ether oxygens (including phenoxy) is 1. The first-order valence-corrected chi connectivity index (χ1v) is 11.6. The summed E-state index contributed by atoms with van der Waals surface area (Å²) < 4.78 is 19.5. The molecule has 0 bridgehead atoms. The zero-order valence-electron chi connectivity index (χ0n) is 19.2. The fourth-order valence-electron chi connectivity index (χ4n) is 4.68. The van der Waals surface area contributed by atoms with Crippen molar-refractivity contribution in [2.24, 2.45) is 0 Å². The van der Waals surface area contributed by atoms with Gasteiger partial charge in [0.15, 0.2) is 0 Å². The molecular weight excluding hydrogens is 469 g/mol. The Bertz CT molecular complexity index is 1570. The Hall–Kier alpha value is -3.84. The fraction of sp³-hybridized carbons (Fsp3) is 0.185. The first-order chi connectivity index (χ1) is 16.8. The maximum atomic E-state index is 13.5. The summed E-state index contributed by atoms with van der Waals surface area (Å²) in [6, 6.07) is 13.7. The van der Waals surface area contributed by atoms with Crippen LogP contribution < -0.4 is 4.74 Å². The number of carbonyl (C=O) groups is 1. The van der Waals surface area contributed by atoms with Gasteiger partial charge in [0.25, 0.3) is 0 Å². The van der Waals surface area contributed by atoms with Crippen molar-refractivity contribution >= 4 is 39.2 Å². The molecule has 6 nitrogen and oxygen atoms in total. The number of benzene rings is 3. The molecule has 5 rings (SSSR count). The lowest BCUT2D eigenvalue weighted by Crippen LogP contribution is -2.04. The molecule has 0 unspecified atom stereocenters. The first-order valence-electron chi connectivity index (χ1n) is 11.2. The Labute approximate surface area is 205 Å². The SMILES string of the molecule is Cc1n[nH]c(C)c1-c1c(Cl)ccc2c(CCCOc3cccc4cc(F)ccc34)c(C(=O)O)[nH]c12. The van der Waals surface area contributed by atoms with Gasteiger partial charge < -0.3 is 14.8 Å². The lowest BCUT2D eigenvalue weighted by Gasteiger charge is -2.10. The van der Waals surface area contributed by atoms with Crippen molar-refractivity contribution in [3.8, 4) is 16.9 Å². The van der Waals surface area contributed by atoms with Crippen LogP contribution in [0.3, 0.4) is 0 Å². The quantitative estimate of drug-likeness (QED) is 0.217. The summed E-state index contributed by atoms with van der Waals surface area (Å²) in [6.45, 7) is 4.17. The van der Waals surface area contributed by atoms with Gasteiger partial charge in [-0.1, -0.05) is 29.8 Å². The normalized spacial score (nSPS) is 11.4. The lowest BCUT2D eigenvalue weighted by atomic mass is 9.98. The molecule has 2 aromatic heterocycles. The number of H-pyrrole nitrogens is 2. The van der Waals surface area contributed by atoms with Gasteiger partial charge in [0.05, 0.1) is 22.8 Å². The molecule has 35 heavy (non-hydrogen) atoms. The Morgan fingerprint density at radius 3 is 2.66 bits per heavy atom. The third-order valence-corrected chi connectivity index (χ3v) is 6.57. The van der Waals surface area contributed by atoms with Crippen molar-refractivity contribution in [3.63, 3.8) is 0 Å². The minimum Gasteiger partial charge on any atom is -0.493 e. The van der Waals surface area contributed by atoms with Crippen LogP contribution in [0.15, 0.2) is 48.5 Å². The second-order valence-electron chi connectivity index (χ2n) is 8.51. The van der Waals surface area contributed by atoms with Gasteiger partial charge >= 0.3 is 5.97 Å². The predicted molar refractivity (Wildman–Crippen MR) is 135 cm³/mol. The van der Waals surface area contributed by atoms with E-state index in [0.717, 1.165) is 38.7 Å². The van der Waals surface area contributed by atoms with Gasteiger partial charge in [-0.25, -0.2) is 9.18 Å². The molecule has 2 heterocycles. The van der Waals surface area contributed by atoms with Gasteiger partial charge in [-0.05, 0) is 68.0 Å². The summed E-state index contributed by atoms with van der Waals surface area (Å²) in [6.07, 6.45) is 1.08. The molecule has 178 valence electrons. The number of aromatic nitrogens is 3. The van der Waals surface area contributed by atoms with E-state index in [0.29, 0.717) is 41.3 Å². The Morgan fingerprint density at radius 1 is 1.11 bits per heavy atom. The highest BCUT2D eigenvalue weighted by Crippen LogP contribution is 2.40. The molecule has 0 saturated carbocycles. The van der Waals surface area contributed by atoms with Gasteiger partial charge in [-0.3, -0.25) is 5.10 Å². The van der Waals surface area contributed by atoms with Crippen LogP contribution >= 0.6 is 11.6 Å². The molecule has 0 atom stereocenters. The summed E-state index contributed by atoms with van der Waals surface area (Å²) in [7, 11) is 0. The summed E-state index contributed by atoms with van der Waals surface area (Å²) >= 11 is 6.58. The van der Waals surface area contributed by atoms with E-state index in [4.69, 9.17) is 16.3 Å². The van der Waals surface area contributed by atoms with Crippen molar-refractivity contribution in [2.75, 3.05) is 6.61 Å². The van der Waals surface area contributed by atoms with Crippen LogP contribution in [0.25, 0.3) is 32.8 Å². The number of nitrogens with one attached hydrogen (secondary N) is 2. The van der Waals surface area contributed by atoms with Gasteiger partial charge in [0.2, 0.25) is 0 Å². The number of aromatic amines is 2. The van der Waals surface area contributed by atoms with Gasteiger partial charge in [-0.2, -0.15) is 5.10 Å². The average molecular weight is 492 g/mol. The molecule has 0 saturated heterocycles. The summed E-state index contributed by atoms with van der Waals surface area (Å²) in [5, 5.41) is 20.1. The van der Waals surface area contributed by atoms with Crippen LogP contribution in [0.4, 0.5) is 4.39 Å². The number of carboxylic acid groups (broad SMARTS) is 1. The number of halogens is 2. The smallest absolute Gasteiger partial charge is 0.352 e. The molecule has 0 aliphatic rings. The second-order valence-corrected chi connectivity index (χ2v) is 8.92. The zero-order chi connectivity index (χ0) is 24.7. The minimum absolute atomic E-state index is 0.142. The van der Waals surface area contributed by atoms with Crippen LogP contribution in [-0.4, -0.2) is 32.9 Å². The Balaban J connectivity index is 1.44. The highest BCUT2D eigenvalue weighted by atomic mass is 35.5. The van der Waals surface area contributed by atoms with Gasteiger partial charge in [-0.15, -0.1) is 0 Å². The van der Waals surface area contributed by atoms with E-state index in [9.17, 15) is 14.3 Å². The van der Waals surface area contributed by atoms with Gasteiger partial charge in [0, 0.05) is 27.6 Å². The maximum Gasteiger partial charge on any atom is 0.352 e. The number of fused-ring (bicyclic) bond motifs is 2. The largest absolute Gasteiger partial charge is 0.493 e.